The van der Waals surface area contributed by atoms with E-state index in [1.54, 1.807) is 0 Å². The van der Waals surface area contributed by atoms with E-state index >= 15 is 0 Å². The van der Waals surface area contributed by atoms with Crippen LogP contribution in [-0.2, 0) is 16.2 Å². The van der Waals surface area contributed by atoms with Gasteiger partial charge in [0.05, 0.1) is 18.2 Å². The molecule has 9 aromatic carbocycles. The van der Waals surface area contributed by atoms with Crippen LogP contribution in [0.5, 0.6) is 0 Å². The van der Waals surface area contributed by atoms with Crippen molar-refractivity contribution < 1.29 is 4.42 Å². The maximum Gasteiger partial charge on any atom is 0.252 e. The fraction of sp³-hybridized carbons (Fsp3) is 0.182. The Balaban J connectivity index is 1.15. The van der Waals surface area contributed by atoms with Gasteiger partial charge in [0.25, 0.3) is 6.71 Å². The van der Waals surface area contributed by atoms with Crippen molar-refractivity contribution in [2.75, 3.05) is 14.7 Å². The topological polar surface area (TPSA) is 22.9 Å². The number of fused-ring (bicyclic) bond motifs is 6. The van der Waals surface area contributed by atoms with Crippen LogP contribution in [0.3, 0.4) is 0 Å². The molecule has 1 aromatic heterocycles. The Morgan fingerprint density at radius 3 is 1.52 bits per heavy atom. The summed E-state index contributed by atoms with van der Waals surface area (Å²) < 4.78 is 5.96. The molecule has 0 aliphatic carbocycles. The second-order valence-corrected chi connectivity index (χ2v) is 22.8. The second-order valence-electron chi connectivity index (χ2n) is 22.8. The second kappa shape index (κ2) is 16.4. The Bertz CT molecular complexity index is 3640. The molecule has 2 aliphatic heterocycles. The van der Waals surface area contributed by atoms with Crippen molar-refractivity contribution >= 4 is 95.8 Å². The summed E-state index contributed by atoms with van der Waals surface area (Å²) in [7, 11) is 0. The van der Waals surface area contributed by atoms with Gasteiger partial charge in [-0.15, -0.1) is 0 Å². The van der Waals surface area contributed by atoms with Crippen LogP contribution in [0.1, 0.15) is 79.0 Å². The first-order chi connectivity index (χ1) is 34.1. The van der Waals surface area contributed by atoms with E-state index in [1.165, 1.54) is 72.0 Å². The lowest BCUT2D eigenvalue weighted by Gasteiger charge is -2.45. The van der Waals surface area contributed by atoms with Crippen LogP contribution in [0.4, 0.5) is 51.2 Å². The molecule has 348 valence electrons. The number of benzene rings is 9. The van der Waals surface area contributed by atoms with Gasteiger partial charge in [0, 0.05) is 61.7 Å². The Morgan fingerprint density at radius 2 is 0.915 bits per heavy atom. The van der Waals surface area contributed by atoms with Crippen molar-refractivity contribution in [3.63, 3.8) is 0 Å². The third-order valence-electron chi connectivity index (χ3n) is 15.0. The first-order valence-electron chi connectivity index (χ1n) is 25.2. The summed E-state index contributed by atoms with van der Waals surface area (Å²) in [5, 5.41) is 4.59. The Kier molecular flexibility index (Phi) is 10.3. The van der Waals surface area contributed by atoms with Crippen LogP contribution >= 0.6 is 0 Å². The first-order valence-corrected chi connectivity index (χ1v) is 25.2. The van der Waals surface area contributed by atoms with Gasteiger partial charge in [0.1, 0.15) is 0 Å². The molecule has 0 amide bonds. The Morgan fingerprint density at radius 1 is 0.394 bits per heavy atom. The monoisotopic (exact) mass is 921 g/mol. The molecule has 0 radical (unpaired) electrons. The van der Waals surface area contributed by atoms with Gasteiger partial charge in [-0.25, -0.2) is 0 Å². The number of anilines is 9. The van der Waals surface area contributed by atoms with Gasteiger partial charge in [0.15, 0.2) is 0 Å². The molecule has 0 saturated heterocycles. The van der Waals surface area contributed by atoms with Crippen molar-refractivity contribution in [3.8, 4) is 11.1 Å². The number of hydrogen-bond acceptors (Lipinski definition) is 4. The highest BCUT2D eigenvalue weighted by Gasteiger charge is 2.45. The van der Waals surface area contributed by atoms with E-state index in [1.807, 2.05) is 12.5 Å². The summed E-state index contributed by atoms with van der Waals surface area (Å²) in [6.45, 7) is 20.7. The average Bonchev–Trinajstić information content (AvgIpc) is 3.83. The van der Waals surface area contributed by atoms with Gasteiger partial charge in [-0.3, -0.25) is 0 Å². The van der Waals surface area contributed by atoms with Crippen molar-refractivity contribution in [1.82, 2.24) is 0 Å². The fourth-order valence-corrected chi connectivity index (χ4v) is 11.1. The zero-order valence-corrected chi connectivity index (χ0v) is 42.4. The molecule has 0 atom stereocenters. The molecule has 5 heteroatoms. The maximum atomic E-state index is 5.96. The van der Waals surface area contributed by atoms with E-state index in [9.17, 15) is 0 Å². The lowest BCUT2D eigenvalue weighted by Crippen LogP contribution is -2.61. The molecule has 12 rings (SSSR count). The molecule has 0 bridgehead atoms. The van der Waals surface area contributed by atoms with Crippen molar-refractivity contribution in [2.45, 2.75) is 78.6 Å². The number of nitrogens with zero attached hydrogens (tertiary/aromatic N) is 3. The lowest BCUT2D eigenvalue weighted by molar-refractivity contribution is 0.572. The van der Waals surface area contributed by atoms with Crippen LogP contribution in [0.15, 0.2) is 205 Å². The molecule has 3 heterocycles. The molecule has 0 spiro atoms. The minimum atomic E-state index is -0.154. The Hall–Kier alpha value is -7.76. The molecular weight excluding hydrogens is 862 g/mol. The van der Waals surface area contributed by atoms with Crippen molar-refractivity contribution in [3.05, 3.63) is 217 Å². The molecule has 71 heavy (non-hydrogen) atoms. The van der Waals surface area contributed by atoms with E-state index < -0.39 is 0 Å². The van der Waals surface area contributed by atoms with E-state index in [0.29, 0.717) is 0 Å². The van der Waals surface area contributed by atoms with Crippen molar-refractivity contribution in [2.24, 2.45) is 0 Å². The number of hydrogen-bond donors (Lipinski definition) is 0. The zero-order valence-electron chi connectivity index (χ0n) is 42.4. The molecular formula is C66H60BN3O. The smallest absolute Gasteiger partial charge is 0.252 e. The molecule has 0 saturated carbocycles. The van der Waals surface area contributed by atoms with E-state index in [2.05, 4.69) is 265 Å². The van der Waals surface area contributed by atoms with Gasteiger partial charge < -0.3 is 19.1 Å². The van der Waals surface area contributed by atoms with Crippen LogP contribution in [0.2, 0.25) is 0 Å². The maximum absolute atomic E-state index is 5.96. The summed E-state index contributed by atoms with van der Waals surface area (Å²) >= 11 is 0. The van der Waals surface area contributed by atoms with Gasteiger partial charge in [-0.2, -0.15) is 0 Å². The lowest BCUT2D eigenvalue weighted by atomic mass is 9.33. The summed E-state index contributed by atoms with van der Waals surface area (Å²) in [4.78, 5) is 7.55. The summed E-state index contributed by atoms with van der Waals surface area (Å²) in [5.74, 6) is 0. The summed E-state index contributed by atoms with van der Waals surface area (Å²) in [5.41, 5.74) is 20.3. The quantitative estimate of drug-likeness (QED) is 0.155. The molecule has 4 nitrogen and oxygen atoms in total. The highest BCUT2D eigenvalue weighted by atomic mass is 16.3. The predicted molar refractivity (Wildman–Crippen MR) is 304 cm³/mol. The highest BCUT2D eigenvalue weighted by Crippen LogP contribution is 2.49. The first kappa shape index (κ1) is 44.5. The normalized spacial score (nSPS) is 13.3. The zero-order chi connectivity index (χ0) is 49.0. The summed E-state index contributed by atoms with van der Waals surface area (Å²) in [6.07, 6.45) is 3.79. The van der Waals surface area contributed by atoms with Crippen LogP contribution in [0.25, 0.3) is 32.7 Å². The van der Waals surface area contributed by atoms with Crippen LogP contribution in [0, 0.1) is 0 Å². The van der Waals surface area contributed by atoms with Crippen LogP contribution in [-0.4, -0.2) is 6.71 Å². The minimum absolute atomic E-state index is 0.00209. The molecule has 0 N–H and O–H groups in total. The van der Waals surface area contributed by atoms with Crippen LogP contribution < -0.4 is 31.1 Å². The van der Waals surface area contributed by atoms with Gasteiger partial charge in [0.2, 0.25) is 0 Å². The average molecular weight is 922 g/mol. The summed E-state index contributed by atoms with van der Waals surface area (Å²) in [6, 6.07) is 70.7. The SMILES string of the molecule is CC(C)(C)c1ccc(N2c3cc(N(c4ccc(-c5ccccc5)cc4)c4cccc5ccccc45)ccc3B3c4cc5cocc5cc4N(c4ccc(C(C)(C)C)cc4)c4cc(C(C)(C)C)cc2c43)cc1. The fourth-order valence-electron chi connectivity index (χ4n) is 11.1. The van der Waals surface area contributed by atoms with Gasteiger partial charge >= 0.3 is 0 Å². The van der Waals surface area contributed by atoms with Gasteiger partial charge in [-0.05, 0) is 139 Å². The Labute approximate surface area is 419 Å². The third-order valence-corrected chi connectivity index (χ3v) is 15.0. The molecule has 10 aromatic rings. The van der Waals surface area contributed by atoms with E-state index in [4.69, 9.17) is 4.42 Å². The minimum Gasteiger partial charge on any atom is -0.471 e. The van der Waals surface area contributed by atoms with E-state index in [0.717, 1.165) is 44.9 Å². The number of rotatable bonds is 6. The standard InChI is InChI=1S/C66H60BN3O/c1-64(2,3)48-24-30-52(31-25-48)69-59-37-47-42-71-41-46(47)36-57(59)67-56-35-34-54(68(58-21-15-19-45-18-13-14-20-55(45)58)51-28-22-44(23-29-51)43-16-11-10-12-17-43)40-60(56)70(53-32-26-49(27-33-53)65(4,5)6)62-39-50(66(7,8)9)38-61(69)63(62)67/h10-42H,1-9H3. The highest BCUT2D eigenvalue weighted by molar-refractivity contribution is 7.00. The van der Waals surface area contributed by atoms with E-state index in [-0.39, 0.29) is 23.0 Å². The number of furan rings is 1. The molecule has 0 unspecified atom stereocenters. The molecule has 2 aliphatic rings. The van der Waals surface area contributed by atoms with Gasteiger partial charge in [-0.1, -0.05) is 178 Å². The van der Waals surface area contributed by atoms with Crippen molar-refractivity contribution in [1.29, 1.82) is 0 Å². The predicted octanol–water partition coefficient (Wildman–Crippen LogP) is 16.7. The largest absolute Gasteiger partial charge is 0.471 e. The molecule has 0 fully saturated rings. The third kappa shape index (κ3) is 7.61.